The molecule has 0 saturated heterocycles. The molecule has 0 aliphatic carbocycles. The maximum absolute atomic E-state index is 13.1. The van der Waals surface area contributed by atoms with Crippen LogP contribution in [-0.4, -0.2) is 36.0 Å². The number of carbonyl (C=O) groups excluding carboxylic acids is 2. The van der Waals surface area contributed by atoms with E-state index in [1.807, 2.05) is 38.1 Å². The zero-order chi connectivity index (χ0) is 22.5. The van der Waals surface area contributed by atoms with Crippen LogP contribution < -0.4 is 0 Å². The van der Waals surface area contributed by atoms with Gasteiger partial charge in [0, 0.05) is 24.3 Å². The molecule has 0 fully saturated rings. The van der Waals surface area contributed by atoms with Crippen LogP contribution in [0.25, 0.3) is 17.4 Å². The Hall–Kier alpha value is -3.14. The van der Waals surface area contributed by atoms with Crippen molar-refractivity contribution in [1.29, 1.82) is 5.26 Å². The fraction of sp³-hybridized carbons (Fsp3) is 0.292. The first-order chi connectivity index (χ1) is 14.8. The SMILES string of the molecule is CC1=C(C#N)C(=O)N(CCCOC(C)C)C(=O)/C1=C/c1ccc(-c2ccccc2Cl)o1. The van der Waals surface area contributed by atoms with E-state index < -0.39 is 11.8 Å². The van der Waals surface area contributed by atoms with Crippen molar-refractivity contribution in [3.05, 3.63) is 63.9 Å². The number of amides is 2. The molecule has 0 atom stereocenters. The molecular formula is C24H23ClN2O4. The molecule has 0 spiro atoms. The molecular weight excluding hydrogens is 416 g/mol. The number of rotatable bonds is 7. The first kappa shape index (κ1) is 22.5. The van der Waals surface area contributed by atoms with Gasteiger partial charge in [-0.05, 0) is 63.1 Å². The van der Waals surface area contributed by atoms with Crippen molar-refractivity contribution in [2.45, 2.75) is 33.3 Å². The van der Waals surface area contributed by atoms with Gasteiger partial charge in [0.25, 0.3) is 11.8 Å². The fourth-order valence-corrected chi connectivity index (χ4v) is 3.48. The molecule has 31 heavy (non-hydrogen) atoms. The highest BCUT2D eigenvalue weighted by Gasteiger charge is 2.35. The normalized spacial score (nSPS) is 15.9. The van der Waals surface area contributed by atoms with Gasteiger partial charge in [-0.3, -0.25) is 14.5 Å². The van der Waals surface area contributed by atoms with Crippen molar-refractivity contribution >= 4 is 29.5 Å². The Labute approximate surface area is 186 Å². The first-order valence-corrected chi connectivity index (χ1v) is 10.4. The van der Waals surface area contributed by atoms with Gasteiger partial charge in [0.05, 0.1) is 11.1 Å². The zero-order valence-electron chi connectivity index (χ0n) is 17.6. The Morgan fingerprint density at radius 1 is 1.19 bits per heavy atom. The molecule has 0 bridgehead atoms. The van der Waals surface area contributed by atoms with Crippen LogP contribution in [0.5, 0.6) is 0 Å². The number of ether oxygens (including phenoxy) is 1. The number of furan rings is 1. The topological polar surface area (TPSA) is 83.5 Å². The van der Waals surface area contributed by atoms with Crippen molar-refractivity contribution in [3.8, 4) is 17.4 Å². The predicted molar refractivity (Wildman–Crippen MR) is 118 cm³/mol. The number of carbonyl (C=O) groups is 2. The summed E-state index contributed by atoms with van der Waals surface area (Å²) < 4.78 is 11.4. The van der Waals surface area contributed by atoms with E-state index in [-0.39, 0.29) is 23.8 Å². The van der Waals surface area contributed by atoms with E-state index in [1.165, 1.54) is 0 Å². The Bertz CT molecular complexity index is 1100. The molecule has 0 unspecified atom stereocenters. The van der Waals surface area contributed by atoms with Gasteiger partial charge in [-0.25, -0.2) is 0 Å². The number of hydrogen-bond donors (Lipinski definition) is 0. The predicted octanol–water partition coefficient (Wildman–Crippen LogP) is 5.01. The number of imide groups is 1. The highest BCUT2D eigenvalue weighted by Crippen LogP contribution is 2.31. The minimum absolute atomic E-state index is 0.0477. The number of benzene rings is 1. The van der Waals surface area contributed by atoms with Gasteiger partial charge < -0.3 is 9.15 Å². The van der Waals surface area contributed by atoms with Crippen molar-refractivity contribution in [3.63, 3.8) is 0 Å². The molecule has 0 N–H and O–H groups in total. The van der Waals surface area contributed by atoms with Gasteiger partial charge in [0.1, 0.15) is 23.2 Å². The van der Waals surface area contributed by atoms with E-state index in [4.69, 9.17) is 20.8 Å². The molecule has 2 heterocycles. The molecule has 1 aromatic carbocycles. The van der Waals surface area contributed by atoms with Gasteiger partial charge in [-0.15, -0.1) is 0 Å². The summed E-state index contributed by atoms with van der Waals surface area (Å²) in [5.41, 5.74) is 1.27. The number of halogens is 1. The third kappa shape index (κ3) is 4.96. The molecule has 3 rings (SSSR count). The molecule has 2 amide bonds. The standard InChI is InChI=1S/C24H23ClN2O4/c1-15(2)30-12-6-11-27-23(28)19(16(3)20(14-26)24(27)29)13-17-9-10-22(31-17)18-7-4-5-8-21(18)25/h4-5,7-10,13,15H,6,11-12H2,1-3H3/b19-13+. The largest absolute Gasteiger partial charge is 0.457 e. The van der Waals surface area contributed by atoms with Gasteiger partial charge in [-0.2, -0.15) is 5.26 Å². The summed E-state index contributed by atoms with van der Waals surface area (Å²) in [5.74, 6) is -0.0568. The average Bonchev–Trinajstić information content (AvgIpc) is 3.19. The third-order valence-corrected chi connectivity index (χ3v) is 5.18. The smallest absolute Gasteiger partial charge is 0.271 e. The van der Waals surface area contributed by atoms with Crippen LogP contribution in [0.1, 0.15) is 33.0 Å². The maximum Gasteiger partial charge on any atom is 0.271 e. The lowest BCUT2D eigenvalue weighted by atomic mass is 9.94. The van der Waals surface area contributed by atoms with E-state index >= 15 is 0 Å². The highest BCUT2D eigenvalue weighted by molar-refractivity contribution is 6.33. The Kier molecular flexibility index (Phi) is 7.11. The molecule has 2 aromatic rings. The summed E-state index contributed by atoms with van der Waals surface area (Å²) in [7, 11) is 0. The molecule has 0 radical (unpaired) electrons. The minimum atomic E-state index is -0.581. The Balaban J connectivity index is 1.90. The van der Waals surface area contributed by atoms with E-state index in [1.54, 1.807) is 31.2 Å². The summed E-state index contributed by atoms with van der Waals surface area (Å²) in [6.07, 6.45) is 2.10. The van der Waals surface area contributed by atoms with E-state index in [9.17, 15) is 14.9 Å². The number of nitrogens with zero attached hydrogens (tertiary/aromatic N) is 2. The summed E-state index contributed by atoms with van der Waals surface area (Å²) in [4.78, 5) is 26.8. The Morgan fingerprint density at radius 2 is 1.94 bits per heavy atom. The third-order valence-electron chi connectivity index (χ3n) is 4.86. The van der Waals surface area contributed by atoms with Gasteiger partial charge in [0.15, 0.2) is 0 Å². The molecule has 0 saturated carbocycles. The van der Waals surface area contributed by atoms with Crippen LogP contribution in [0.15, 0.2) is 57.5 Å². The van der Waals surface area contributed by atoms with Crippen LogP contribution in [0.4, 0.5) is 0 Å². The number of hydrogen-bond acceptors (Lipinski definition) is 5. The second kappa shape index (κ2) is 9.78. The highest BCUT2D eigenvalue weighted by atomic mass is 35.5. The lowest BCUT2D eigenvalue weighted by molar-refractivity contribution is -0.140. The van der Waals surface area contributed by atoms with Crippen molar-refractivity contribution < 1.29 is 18.7 Å². The van der Waals surface area contributed by atoms with Gasteiger partial charge in [0.2, 0.25) is 0 Å². The van der Waals surface area contributed by atoms with Crippen LogP contribution in [0, 0.1) is 11.3 Å². The van der Waals surface area contributed by atoms with Crippen LogP contribution >= 0.6 is 11.6 Å². The molecule has 6 nitrogen and oxygen atoms in total. The second-order valence-electron chi connectivity index (χ2n) is 7.39. The molecule has 160 valence electrons. The second-order valence-corrected chi connectivity index (χ2v) is 7.79. The molecule has 1 aromatic heterocycles. The van der Waals surface area contributed by atoms with Crippen LogP contribution in [-0.2, 0) is 14.3 Å². The first-order valence-electron chi connectivity index (χ1n) is 9.99. The number of nitriles is 1. The molecule has 1 aliphatic rings. The summed E-state index contributed by atoms with van der Waals surface area (Å²) in [6, 6.07) is 12.7. The van der Waals surface area contributed by atoms with E-state index in [0.717, 1.165) is 10.5 Å². The minimum Gasteiger partial charge on any atom is -0.457 e. The van der Waals surface area contributed by atoms with Crippen molar-refractivity contribution in [2.75, 3.05) is 13.2 Å². The molecule has 7 heteroatoms. The van der Waals surface area contributed by atoms with Gasteiger partial charge in [-0.1, -0.05) is 23.7 Å². The average molecular weight is 439 g/mol. The van der Waals surface area contributed by atoms with Crippen molar-refractivity contribution in [1.82, 2.24) is 4.90 Å². The molecule has 1 aliphatic heterocycles. The summed E-state index contributed by atoms with van der Waals surface area (Å²) in [5, 5.41) is 10.0. The fourth-order valence-electron chi connectivity index (χ4n) is 3.25. The Morgan fingerprint density at radius 3 is 2.61 bits per heavy atom. The zero-order valence-corrected chi connectivity index (χ0v) is 18.4. The summed E-state index contributed by atoms with van der Waals surface area (Å²) in [6.45, 7) is 6.01. The van der Waals surface area contributed by atoms with Gasteiger partial charge >= 0.3 is 0 Å². The monoisotopic (exact) mass is 438 g/mol. The lowest BCUT2D eigenvalue weighted by Gasteiger charge is -2.27. The van der Waals surface area contributed by atoms with Crippen LogP contribution in [0.3, 0.4) is 0 Å². The lowest BCUT2D eigenvalue weighted by Crippen LogP contribution is -2.43. The summed E-state index contributed by atoms with van der Waals surface area (Å²) >= 11 is 6.23. The quantitative estimate of drug-likeness (QED) is 0.345. The van der Waals surface area contributed by atoms with Crippen LogP contribution in [0.2, 0.25) is 5.02 Å². The van der Waals surface area contributed by atoms with E-state index in [2.05, 4.69) is 0 Å². The maximum atomic E-state index is 13.1. The van der Waals surface area contributed by atoms with E-state index in [0.29, 0.717) is 35.1 Å². The van der Waals surface area contributed by atoms with Crippen molar-refractivity contribution in [2.24, 2.45) is 0 Å².